The minimum atomic E-state index is -4.75. The van der Waals surface area contributed by atoms with E-state index in [9.17, 15) is 26.5 Å². The van der Waals surface area contributed by atoms with E-state index in [4.69, 9.17) is 10.3 Å². The van der Waals surface area contributed by atoms with E-state index in [2.05, 4.69) is 20.5 Å². The number of anilines is 1. The molecule has 0 saturated carbocycles. The number of fused-ring (bicyclic) bond motifs is 1. The Kier molecular flexibility index (Phi) is 10.7. The standard InChI is InChI=1S/C22H17N5O7S2.2Na/c23-14-1-10-19-13(11-14)12-20(36(32,33)34)21(22(19)28)27-26-16-4-2-15(3-5-16)24-25-17-6-8-18(9-7-17)35(29,30)31;;/h1-12,28H,23H2,(H,29,30,31)(H,32,33,34);;. The number of rotatable bonds is 6. The number of hydrogen-bond acceptors (Lipinski definition) is 10. The predicted molar refractivity (Wildman–Crippen MR) is 142 cm³/mol. The fraction of sp³-hybridized carbons (Fsp3) is 0. The van der Waals surface area contributed by atoms with Crippen molar-refractivity contribution in [1.82, 2.24) is 0 Å². The summed E-state index contributed by atoms with van der Waals surface area (Å²) in [5.74, 6) is -0.491. The molecule has 0 amide bonds. The molecule has 16 heteroatoms. The molecular formula is C22H17N5Na2O7S2. The van der Waals surface area contributed by atoms with E-state index < -0.39 is 36.6 Å². The van der Waals surface area contributed by atoms with Gasteiger partial charge in [0, 0.05) is 70.2 Å². The summed E-state index contributed by atoms with van der Waals surface area (Å²) >= 11 is 0. The monoisotopic (exact) mass is 573 g/mol. The van der Waals surface area contributed by atoms with Crippen molar-refractivity contribution in [2.75, 3.05) is 5.73 Å². The third-order valence-electron chi connectivity index (χ3n) is 4.88. The maximum Gasteiger partial charge on any atom is 0.296 e. The van der Waals surface area contributed by atoms with Gasteiger partial charge in [-0.1, -0.05) is 0 Å². The van der Waals surface area contributed by atoms with Gasteiger partial charge in [-0.3, -0.25) is 9.11 Å². The van der Waals surface area contributed by atoms with E-state index in [1.165, 1.54) is 66.7 Å². The minimum Gasteiger partial charge on any atom is -0.505 e. The zero-order chi connectivity index (χ0) is 26.1. The van der Waals surface area contributed by atoms with Crippen LogP contribution in [0.15, 0.2) is 103 Å². The minimum absolute atomic E-state index is 0. The normalized spacial score (nSPS) is 11.9. The van der Waals surface area contributed by atoms with Gasteiger partial charge >= 0.3 is 0 Å². The molecule has 0 aliphatic heterocycles. The van der Waals surface area contributed by atoms with Gasteiger partial charge in [0.1, 0.15) is 10.6 Å². The zero-order valence-electron chi connectivity index (χ0n) is 20.1. The van der Waals surface area contributed by atoms with Crippen LogP contribution in [0.25, 0.3) is 10.8 Å². The summed E-state index contributed by atoms with van der Waals surface area (Å²) in [6.45, 7) is 0. The molecule has 5 N–H and O–H groups in total. The van der Waals surface area contributed by atoms with Gasteiger partial charge in [0.25, 0.3) is 20.2 Å². The fourth-order valence-corrected chi connectivity index (χ4v) is 4.30. The quantitative estimate of drug-likeness (QED) is 0.110. The van der Waals surface area contributed by atoms with Gasteiger partial charge in [0.2, 0.25) is 0 Å². The van der Waals surface area contributed by atoms with Crippen molar-refractivity contribution in [3.8, 4) is 5.75 Å². The molecular weight excluding hydrogens is 556 g/mol. The fourth-order valence-electron chi connectivity index (χ4n) is 3.16. The van der Waals surface area contributed by atoms with Crippen LogP contribution in [-0.4, -0.2) is 90.2 Å². The molecule has 38 heavy (non-hydrogen) atoms. The summed E-state index contributed by atoms with van der Waals surface area (Å²) in [5, 5.41) is 26.9. The van der Waals surface area contributed by atoms with Crippen molar-refractivity contribution in [2.24, 2.45) is 20.5 Å². The topological polar surface area (TPSA) is 204 Å². The van der Waals surface area contributed by atoms with Crippen LogP contribution in [0.4, 0.5) is 28.4 Å². The molecule has 4 aromatic rings. The first kappa shape index (κ1) is 32.0. The van der Waals surface area contributed by atoms with Crippen molar-refractivity contribution < 1.29 is 31.0 Å². The Balaban J connectivity index is 0.00000253. The molecule has 0 aliphatic rings. The van der Waals surface area contributed by atoms with Gasteiger partial charge in [-0.25, -0.2) is 0 Å². The zero-order valence-corrected chi connectivity index (χ0v) is 25.7. The number of nitrogen functional groups attached to an aromatic ring is 1. The average Bonchev–Trinajstić information content (AvgIpc) is 2.81. The van der Waals surface area contributed by atoms with E-state index >= 15 is 0 Å². The van der Waals surface area contributed by atoms with Crippen molar-refractivity contribution in [3.05, 3.63) is 72.8 Å². The second kappa shape index (κ2) is 12.7. The summed E-state index contributed by atoms with van der Waals surface area (Å²) in [5.41, 5.74) is 6.65. The molecule has 0 fully saturated rings. The van der Waals surface area contributed by atoms with Crippen LogP contribution in [0.5, 0.6) is 5.75 Å². The average molecular weight is 574 g/mol. The van der Waals surface area contributed by atoms with Crippen LogP contribution < -0.4 is 5.73 Å². The number of azo groups is 2. The van der Waals surface area contributed by atoms with Crippen LogP contribution in [0.3, 0.4) is 0 Å². The van der Waals surface area contributed by atoms with E-state index in [1.807, 2.05) is 0 Å². The van der Waals surface area contributed by atoms with Crippen LogP contribution in [0, 0.1) is 0 Å². The summed E-state index contributed by atoms with van der Waals surface area (Å²) in [4.78, 5) is -0.901. The van der Waals surface area contributed by atoms with Gasteiger partial charge in [-0.2, -0.15) is 32.2 Å². The first-order valence-electron chi connectivity index (χ1n) is 9.95. The Labute approximate surface area is 261 Å². The first-order valence-corrected chi connectivity index (χ1v) is 12.8. The number of nitrogens with two attached hydrogens (primary N) is 1. The Morgan fingerprint density at radius 1 is 0.632 bits per heavy atom. The van der Waals surface area contributed by atoms with Crippen LogP contribution >= 0.6 is 0 Å². The second-order valence-electron chi connectivity index (χ2n) is 7.41. The Morgan fingerprint density at radius 3 is 1.58 bits per heavy atom. The Hall–Kier alpha value is -2.24. The molecule has 186 valence electrons. The van der Waals surface area contributed by atoms with Crippen molar-refractivity contribution in [1.29, 1.82) is 0 Å². The predicted octanol–water partition coefficient (Wildman–Crippen LogP) is 4.69. The van der Waals surface area contributed by atoms with Gasteiger partial charge in [-0.15, -0.1) is 5.11 Å². The van der Waals surface area contributed by atoms with Crippen LogP contribution in [-0.2, 0) is 20.2 Å². The molecule has 0 unspecified atom stereocenters. The maximum atomic E-state index is 11.9. The second-order valence-corrected chi connectivity index (χ2v) is 10.2. The van der Waals surface area contributed by atoms with E-state index in [-0.39, 0.29) is 75.1 Å². The van der Waals surface area contributed by atoms with Crippen molar-refractivity contribution in [3.63, 3.8) is 0 Å². The SMILES string of the molecule is Nc1ccc2c(O)c(N=Nc3ccc(N=Nc4ccc(S(=O)(=O)O)cc4)cc3)c(S(=O)(=O)O)cc2c1.[Na].[Na]. The molecule has 0 bridgehead atoms. The van der Waals surface area contributed by atoms with Crippen molar-refractivity contribution >= 4 is 119 Å². The van der Waals surface area contributed by atoms with Gasteiger partial charge < -0.3 is 10.8 Å². The summed E-state index contributed by atoms with van der Waals surface area (Å²) in [7, 11) is -9.05. The Morgan fingerprint density at radius 2 is 1.11 bits per heavy atom. The van der Waals surface area contributed by atoms with Crippen LogP contribution in [0.2, 0.25) is 0 Å². The molecule has 4 aromatic carbocycles. The number of benzene rings is 4. The summed E-state index contributed by atoms with van der Waals surface area (Å²) in [6.07, 6.45) is 0. The largest absolute Gasteiger partial charge is 0.505 e. The van der Waals surface area contributed by atoms with E-state index in [1.54, 1.807) is 0 Å². The number of aromatic hydroxyl groups is 1. The summed E-state index contributed by atoms with van der Waals surface area (Å²) < 4.78 is 64.6. The smallest absolute Gasteiger partial charge is 0.296 e. The van der Waals surface area contributed by atoms with Gasteiger partial charge in [0.05, 0.1) is 22.0 Å². The third-order valence-corrected chi connectivity index (χ3v) is 6.62. The number of nitrogens with zero attached hydrogens (tertiary/aromatic N) is 4. The van der Waals surface area contributed by atoms with Crippen molar-refractivity contribution in [2.45, 2.75) is 9.79 Å². The maximum absolute atomic E-state index is 11.9. The molecule has 4 rings (SSSR count). The van der Waals surface area contributed by atoms with E-state index in [0.717, 1.165) is 6.07 Å². The number of phenolic OH excluding ortho intramolecular Hbond substituents is 1. The molecule has 0 aliphatic carbocycles. The van der Waals surface area contributed by atoms with E-state index in [0.29, 0.717) is 22.4 Å². The molecule has 0 spiro atoms. The van der Waals surface area contributed by atoms with Gasteiger partial charge in [-0.05, 0) is 78.2 Å². The molecule has 12 nitrogen and oxygen atoms in total. The molecule has 0 saturated heterocycles. The van der Waals surface area contributed by atoms with Gasteiger partial charge in [0.15, 0.2) is 5.75 Å². The molecule has 0 aromatic heterocycles. The first-order chi connectivity index (χ1) is 16.9. The molecule has 2 radical (unpaired) electrons. The summed E-state index contributed by atoms with van der Waals surface area (Å²) in [6, 6.07) is 16.8. The third kappa shape index (κ3) is 7.66. The van der Waals surface area contributed by atoms with Crippen LogP contribution in [0.1, 0.15) is 0 Å². The molecule has 0 atom stereocenters. The number of phenols is 1. The Bertz CT molecular complexity index is 1750. The molecule has 0 heterocycles. The number of hydrogen-bond donors (Lipinski definition) is 4.